The zero-order valence-electron chi connectivity index (χ0n) is 11.3. The minimum Gasteiger partial charge on any atom is -0.497 e. The lowest BCUT2D eigenvalue weighted by Crippen LogP contribution is -2.13. The predicted molar refractivity (Wildman–Crippen MR) is 76.9 cm³/mol. The average Bonchev–Trinajstić information content (AvgIpc) is 2.97. The van der Waals surface area contributed by atoms with Gasteiger partial charge in [-0.2, -0.15) is 0 Å². The van der Waals surface area contributed by atoms with E-state index in [0.29, 0.717) is 6.61 Å². The van der Waals surface area contributed by atoms with E-state index in [1.54, 1.807) is 24.0 Å². The van der Waals surface area contributed by atoms with E-state index in [0.717, 1.165) is 21.9 Å². The number of methoxy groups -OCH3 is 1. The number of thiazole rings is 1. The third-order valence-electron chi connectivity index (χ3n) is 2.97. The molecule has 0 saturated heterocycles. The number of rotatable bonds is 6. The van der Waals surface area contributed by atoms with Gasteiger partial charge in [-0.25, -0.2) is 0 Å². The van der Waals surface area contributed by atoms with Crippen LogP contribution in [0.5, 0.6) is 11.5 Å². The fourth-order valence-corrected chi connectivity index (χ4v) is 2.25. The van der Waals surface area contributed by atoms with Crippen molar-refractivity contribution in [2.75, 3.05) is 14.2 Å². The van der Waals surface area contributed by atoms with E-state index in [-0.39, 0.29) is 6.04 Å². The topological polar surface area (TPSA) is 43.4 Å². The van der Waals surface area contributed by atoms with Crippen molar-refractivity contribution >= 4 is 11.3 Å². The normalized spacial score (nSPS) is 12.2. The molecule has 1 atom stereocenters. The predicted octanol–water partition coefficient (Wildman–Crippen LogP) is 3.01. The van der Waals surface area contributed by atoms with Crippen molar-refractivity contribution in [2.45, 2.75) is 19.6 Å². The molecule has 1 unspecified atom stereocenters. The number of aromatic nitrogens is 1. The van der Waals surface area contributed by atoms with Crippen LogP contribution in [-0.4, -0.2) is 19.1 Å². The van der Waals surface area contributed by atoms with Crippen molar-refractivity contribution < 1.29 is 9.47 Å². The Kier molecular flexibility index (Phi) is 4.76. The molecular formula is C14H18N2O2S. The van der Waals surface area contributed by atoms with Crippen LogP contribution in [0.4, 0.5) is 0 Å². The summed E-state index contributed by atoms with van der Waals surface area (Å²) in [6.45, 7) is 2.63. The van der Waals surface area contributed by atoms with Gasteiger partial charge >= 0.3 is 0 Å². The Bertz CT molecular complexity index is 514. The number of hydrogen-bond donors (Lipinski definition) is 1. The molecule has 0 fully saturated rings. The fourth-order valence-electron chi connectivity index (χ4n) is 1.74. The van der Waals surface area contributed by atoms with Gasteiger partial charge in [0.2, 0.25) is 0 Å². The van der Waals surface area contributed by atoms with E-state index in [4.69, 9.17) is 9.47 Å². The lowest BCUT2D eigenvalue weighted by atomic mass is 10.1. The molecule has 2 rings (SSSR count). The van der Waals surface area contributed by atoms with E-state index >= 15 is 0 Å². The lowest BCUT2D eigenvalue weighted by molar-refractivity contribution is 0.301. The molecule has 2 aromatic rings. The van der Waals surface area contributed by atoms with Crippen molar-refractivity contribution in [2.24, 2.45) is 0 Å². The number of benzene rings is 1. The molecule has 0 saturated carbocycles. The highest BCUT2D eigenvalue weighted by molar-refractivity contribution is 7.09. The molecular weight excluding hydrogens is 260 g/mol. The van der Waals surface area contributed by atoms with E-state index < -0.39 is 0 Å². The van der Waals surface area contributed by atoms with Crippen LogP contribution in [0.1, 0.15) is 23.4 Å². The first kappa shape index (κ1) is 13.8. The monoisotopic (exact) mass is 278 g/mol. The van der Waals surface area contributed by atoms with Gasteiger partial charge < -0.3 is 14.8 Å². The molecule has 1 N–H and O–H groups in total. The van der Waals surface area contributed by atoms with Crippen molar-refractivity contribution in [1.82, 2.24) is 10.3 Å². The number of ether oxygens (including phenoxy) is 2. The quantitative estimate of drug-likeness (QED) is 0.882. The minimum absolute atomic E-state index is 0.224. The van der Waals surface area contributed by atoms with E-state index in [1.807, 2.05) is 31.4 Å². The Labute approximate surface area is 117 Å². The summed E-state index contributed by atoms with van der Waals surface area (Å²) in [5.74, 6) is 1.64. The first-order valence-corrected chi connectivity index (χ1v) is 6.98. The molecule has 0 radical (unpaired) electrons. The summed E-state index contributed by atoms with van der Waals surface area (Å²) >= 11 is 1.59. The third-order valence-corrected chi connectivity index (χ3v) is 3.73. The molecule has 0 spiro atoms. The third kappa shape index (κ3) is 3.45. The molecule has 0 aliphatic rings. The van der Waals surface area contributed by atoms with Gasteiger partial charge in [0.05, 0.1) is 17.5 Å². The highest BCUT2D eigenvalue weighted by Gasteiger charge is 2.12. The standard InChI is InChI=1S/C14H18N2O2S/c1-10(15-2)13-5-4-11(17-3)6-14(13)18-8-12-7-16-9-19-12/h4-7,9-10,15H,8H2,1-3H3. The van der Waals surface area contributed by atoms with Crippen LogP contribution in [0.3, 0.4) is 0 Å². The first-order valence-electron chi connectivity index (χ1n) is 6.10. The maximum absolute atomic E-state index is 5.90. The van der Waals surface area contributed by atoms with E-state index in [9.17, 15) is 0 Å². The smallest absolute Gasteiger partial charge is 0.128 e. The summed E-state index contributed by atoms with van der Waals surface area (Å²) in [6, 6.07) is 6.12. The maximum Gasteiger partial charge on any atom is 0.128 e. The molecule has 1 aromatic carbocycles. The summed E-state index contributed by atoms with van der Waals surface area (Å²) in [5.41, 5.74) is 2.93. The molecule has 5 heteroatoms. The van der Waals surface area contributed by atoms with Crippen LogP contribution in [0, 0.1) is 0 Å². The minimum atomic E-state index is 0.224. The van der Waals surface area contributed by atoms with Crippen LogP contribution in [0.25, 0.3) is 0 Å². The average molecular weight is 278 g/mol. The van der Waals surface area contributed by atoms with Crippen molar-refractivity contribution in [3.8, 4) is 11.5 Å². The van der Waals surface area contributed by atoms with Gasteiger partial charge in [-0.3, -0.25) is 4.98 Å². The Balaban J connectivity index is 2.19. The summed E-state index contributed by atoms with van der Waals surface area (Å²) in [6.07, 6.45) is 1.83. The van der Waals surface area contributed by atoms with Crippen molar-refractivity contribution in [1.29, 1.82) is 0 Å². The second kappa shape index (κ2) is 6.54. The molecule has 1 heterocycles. The number of nitrogens with zero attached hydrogens (tertiary/aromatic N) is 1. The van der Waals surface area contributed by atoms with Crippen LogP contribution in [-0.2, 0) is 6.61 Å². The van der Waals surface area contributed by atoms with E-state index in [2.05, 4.69) is 17.2 Å². The van der Waals surface area contributed by atoms with Gasteiger partial charge in [-0.15, -0.1) is 11.3 Å². The molecule has 0 aliphatic heterocycles. The Morgan fingerprint density at radius 3 is 2.89 bits per heavy atom. The molecule has 0 aliphatic carbocycles. The largest absolute Gasteiger partial charge is 0.497 e. The molecule has 102 valence electrons. The Hall–Kier alpha value is -1.59. The number of hydrogen-bond acceptors (Lipinski definition) is 5. The van der Waals surface area contributed by atoms with Crippen molar-refractivity contribution in [3.63, 3.8) is 0 Å². The second-order valence-electron chi connectivity index (χ2n) is 4.17. The van der Waals surface area contributed by atoms with Crippen molar-refractivity contribution in [3.05, 3.63) is 40.3 Å². The molecule has 0 amide bonds. The van der Waals surface area contributed by atoms with Gasteiger partial charge in [0, 0.05) is 23.9 Å². The zero-order valence-corrected chi connectivity index (χ0v) is 12.2. The van der Waals surface area contributed by atoms with Gasteiger partial charge in [0.1, 0.15) is 18.1 Å². The fraction of sp³-hybridized carbons (Fsp3) is 0.357. The number of nitrogens with one attached hydrogen (secondary N) is 1. The first-order chi connectivity index (χ1) is 9.24. The molecule has 0 bridgehead atoms. The van der Waals surface area contributed by atoms with Gasteiger partial charge in [0.15, 0.2) is 0 Å². The highest BCUT2D eigenvalue weighted by Crippen LogP contribution is 2.30. The van der Waals surface area contributed by atoms with E-state index in [1.165, 1.54) is 0 Å². The van der Waals surface area contributed by atoms with Crippen LogP contribution in [0.2, 0.25) is 0 Å². The summed E-state index contributed by atoms with van der Waals surface area (Å²) in [5, 5.41) is 3.22. The summed E-state index contributed by atoms with van der Waals surface area (Å²) in [7, 11) is 3.59. The van der Waals surface area contributed by atoms with Gasteiger partial charge in [-0.1, -0.05) is 6.07 Å². The zero-order chi connectivity index (χ0) is 13.7. The lowest BCUT2D eigenvalue weighted by Gasteiger charge is -2.17. The van der Waals surface area contributed by atoms with Crippen LogP contribution in [0.15, 0.2) is 29.9 Å². The van der Waals surface area contributed by atoms with Crippen LogP contribution >= 0.6 is 11.3 Å². The summed E-state index contributed by atoms with van der Waals surface area (Å²) < 4.78 is 11.1. The maximum atomic E-state index is 5.90. The van der Waals surface area contributed by atoms with Gasteiger partial charge in [-0.05, 0) is 20.0 Å². The van der Waals surface area contributed by atoms with Crippen LogP contribution < -0.4 is 14.8 Å². The Morgan fingerprint density at radius 1 is 1.42 bits per heavy atom. The molecule has 4 nitrogen and oxygen atoms in total. The summed E-state index contributed by atoms with van der Waals surface area (Å²) in [4.78, 5) is 5.15. The molecule has 1 aromatic heterocycles. The van der Waals surface area contributed by atoms with Gasteiger partial charge in [0.25, 0.3) is 0 Å². The Morgan fingerprint density at radius 2 is 2.26 bits per heavy atom. The molecule has 19 heavy (non-hydrogen) atoms. The SMILES string of the molecule is CNC(C)c1ccc(OC)cc1OCc1cncs1. The highest BCUT2D eigenvalue weighted by atomic mass is 32.1. The second-order valence-corrected chi connectivity index (χ2v) is 5.14.